The largest absolute Gasteiger partial charge is 0.456 e. The van der Waals surface area contributed by atoms with Gasteiger partial charge >= 0.3 is 0 Å². The molecule has 0 unspecified atom stereocenters. The van der Waals surface area contributed by atoms with Crippen LogP contribution in [0.25, 0.3) is 86.3 Å². The van der Waals surface area contributed by atoms with Crippen molar-refractivity contribution in [2.75, 3.05) is 4.90 Å². The van der Waals surface area contributed by atoms with E-state index >= 15 is 0 Å². The van der Waals surface area contributed by atoms with Crippen molar-refractivity contribution in [1.82, 2.24) is 0 Å². The number of benzene rings is 8. The van der Waals surface area contributed by atoms with Crippen LogP contribution in [-0.2, 0) is 0 Å². The molecular weight excluding hydrogens is 655 g/mol. The average molecular weight is 684 g/mol. The van der Waals surface area contributed by atoms with Gasteiger partial charge < -0.3 is 13.7 Å². The fraction of sp³-hybridized carbons (Fsp3) is 0. The van der Waals surface area contributed by atoms with Gasteiger partial charge in [0.2, 0.25) is 0 Å². The lowest BCUT2D eigenvalue weighted by atomic mass is 10.0. The van der Waals surface area contributed by atoms with E-state index in [4.69, 9.17) is 8.83 Å². The number of hydrogen-bond donors (Lipinski definition) is 0. The van der Waals surface area contributed by atoms with Crippen LogP contribution in [0.1, 0.15) is 0 Å². The van der Waals surface area contributed by atoms with Crippen LogP contribution < -0.4 is 4.90 Å². The molecule has 0 radical (unpaired) electrons. The van der Waals surface area contributed by atoms with Gasteiger partial charge in [-0.25, -0.2) is 0 Å². The van der Waals surface area contributed by atoms with Crippen molar-refractivity contribution in [1.29, 1.82) is 0 Å². The first-order valence-electron chi connectivity index (χ1n) is 17.5. The van der Waals surface area contributed by atoms with Crippen LogP contribution >= 0.6 is 11.3 Å². The number of hydrogen-bond acceptors (Lipinski definition) is 4. The number of furan rings is 2. The molecule has 4 heteroatoms. The third kappa shape index (κ3) is 4.58. The van der Waals surface area contributed by atoms with E-state index in [2.05, 4.69) is 157 Å². The topological polar surface area (TPSA) is 29.5 Å². The van der Waals surface area contributed by atoms with E-state index < -0.39 is 0 Å². The van der Waals surface area contributed by atoms with Crippen LogP contribution in [0.3, 0.4) is 0 Å². The lowest BCUT2D eigenvalue weighted by molar-refractivity contribution is 0.669. The molecule has 0 bridgehead atoms. The van der Waals surface area contributed by atoms with E-state index in [0.717, 1.165) is 83.2 Å². The summed E-state index contributed by atoms with van der Waals surface area (Å²) in [6.45, 7) is 0. The van der Waals surface area contributed by atoms with Crippen LogP contribution in [0.5, 0.6) is 0 Å². The molecule has 0 aliphatic heterocycles. The Kier molecular flexibility index (Phi) is 6.42. The van der Waals surface area contributed by atoms with Crippen molar-refractivity contribution in [3.8, 4) is 22.3 Å². The quantitative estimate of drug-likeness (QED) is 0.181. The summed E-state index contributed by atoms with van der Waals surface area (Å²) in [7, 11) is 0. The predicted molar refractivity (Wildman–Crippen MR) is 219 cm³/mol. The highest BCUT2D eigenvalue weighted by atomic mass is 32.1. The number of rotatable bonds is 5. The summed E-state index contributed by atoms with van der Waals surface area (Å²) in [4.78, 5) is 2.36. The van der Waals surface area contributed by atoms with Gasteiger partial charge in [-0.05, 0) is 83.4 Å². The van der Waals surface area contributed by atoms with Crippen molar-refractivity contribution in [2.24, 2.45) is 0 Å². The second-order valence-electron chi connectivity index (χ2n) is 13.3. The van der Waals surface area contributed by atoms with Crippen LogP contribution in [0.4, 0.5) is 17.1 Å². The standard InChI is InChI=1S/C48H29NO2S/c1-5-17-44-37(11-1)41-15-8-14-36(48(41)51-44)32-9-7-10-34(27-32)49(35-24-25-40-39-13-3-6-18-46(39)52-47(40)29-35)33-22-19-30(20-23-33)31-21-26-45-42(28-31)38-12-2-4-16-43(38)50-45/h1-29H. The molecule has 0 saturated carbocycles. The van der Waals surface area contributed by atoms with E-state index in [1.54, 1.807) is 0 Å². The highest BCUT2D eigenvalue weighted by molar-refractivity contribution is 7.25. The summed E-state index contributed by atoms with van der Waals surface area (Å²) in [5, 5.41) is 7.11. The predicted octanol–water partition coefficient (Wildman–Crippen LogP) is 14.7. The minimum atomic E-state index is 0.902. The lowest BCUT2D eigenvalue weighted by Crippen LogP contribution is -2.10. The Morgan fingerprint density at radius 3 is 1.85 bits per heavy atom. The molecule has 0 N–H and O–H groups in total. The zero-order valence-corrected chi connectivity index (χ0v) is 28.7. The maximum atomic E-state index is 6.47. The molecule has 0 spiro atoms. The fourth-order valence-corrected chi connectivity index (χ4v) is 8.94. The highest BCUT2D eigenvalue weighted by Crippen LogP contribution is 2.43. The van der Waals surface area contributed by atoms with Gasteiger partial charge in [0.05, 0.1) is 0 Å². The van der Waals surface area contributed by atoms with Crippen molar-refractivity contribution >= 4 is 92.4 Å². The Labute approximate surface area is 303 Å². The van der Waals surface area contributed by atoms with Crippen molar-refractivity contribution in [2.45, 2.75) is 0 Å². The zero-order valence-electron chi connectivity index (χ0n) is 27.9. The second kappa shape index (κ2) is 11.5. The minimum Gasteiger partial charge on any atom is -0.456 e. The first-order valence-corrected chi connectivity index (χ1v) is 18.3. The monoisotopic (exact) mass is 683 g/mol. The Balaban J connectivity index is 1.05. The molecular formula is C48H29NO2S. The SMILES string of the molecule is c1cc(-c2cccc3c2oc2ccccc23)cc(N(c2ccc(-c3ccc4oc5ccccc5c4c3)cc2)c2ccc3c(c2)sc2ccccc23)c1. The Bertz CT molecular complexity index is 3150. The molecule has 3 aromatic heterocycles. The van der Waals surface area contributed by atoms with Crippen LogP contribution in [-0.4, -0.2) is 0 Å². The zero-order chi connectivity index (χ0) is 34.2. The molecule has 3 heterocycles. The maximum Gasteiger partial charge on any atom is 0.143 e. The van der Waals surface area contributed by atoms with Gasteiger partial charge in [-0.1, -0.05) is 109 Å². The van der Waals surface area contributed by atoms with Gasteiger partial charge in [-0.3, -0.25) is 0 Å². The molecule has 52 heavy (non-hydrogen) atoms. The molecule has 0 saturated heterocycles. The maximum absolute atomic E-state index is 6.47. The molecule has 0 atom stereocenters. The van der Waals surface area contributed by atoms with E-state index in [1.165, 1.54) is 20.2 Å². The first-order chi connectivity index (χ1) is 25.7. The molecule has 0 aliphatic carbocycles. The normalized spacial score (nSPS) is 11.8. The molecule has 3 nitrogen and oxygen atoms in total. The minimum absolute atomic E-state index is 0.902. The molecule has 11 aromatic rings. The molecule has 0 aliphatic rings. The smallest absolute Gasteiger partial charge is 0.143 e. The highest BCUT2D eigenvalue weighted by Gasteiger charge is 2.18. The molecule has 0 fully saturated rings. The number of thiophene rings is 1. The van der Waals surface area contributed by atoms with Crippen LogP contribution in [0, 0.1) is 0 Å². The van der Waals surface area contributed by atoms with Gasteiger partial charge in [-0.15, -0.1) is 11.3 Å². The van der Waals surface area contributed by atoms with Crippen molar-refractivity contribution in [3.63, 3.8) is 0 Å². The summed E-state index contributed by atoms with van der Waals surface area (Å²) in [5.41, 5.74) is 11.4. The van der Waals surface area contributed by atoms with Crippen molar-refractivity contribution < 1.29 is 8.83 Å². The van der Waals surface area contributed by atoms with E-state index in [1.807, 2.05) is 35.6 Å². The van der Waals surface area contributed by atoms with Crippen molar-refractivity contribution in [3.05, 3.63) is 176 Å². The Hall–Kier alpha value is -6.62. The fourth-order valence-electron chi connectivity index (χ4n) is 7.80. The average Bonchev–Trinajstić information content (AvgIpc) is 3.89. The summed E-state index contributed by atoms with van der Waals surface area (Å²) in [5.74, 6) is 0. The lowest BCUT2D eigenvalue weighted by Gasteiger charge is -2.26. The van der Waals surface area contributed by atoms with E-state index in [9.17, 15) is 0 Å². The summed E-state index contributed by atoms with van der Waals surface area (Å²) < 4.78 is 15.1. The van der Waals surface area contributed by atoms with Gasteiger partial charge in [0.15, 0.2) is 0 Å². The van der Waals surface area contributed by atoms with E-state index in [-0.39, 0.29) is 0 Å². The van der Waals surface area contributed by atoms with Crippen LogP contribution in [0.15, 0.2) is 185 Å². The molecule has 8 aromatic carbocycles. The first kappa shape index (κ1) is 29.1. The molecule has 244 valence electrons. The summed E-state index contributed by atoms with van der Waals surface area (Å²) in [6.07, 6.45) is 0. The van der Waals surface area contributed by atoms with E-state index in [0.29, 0.717) is 0 Å². The number of nitrogens with zero attached hydrogens (tertiary/aromatic N) is 1. The summed E-state index contributed by atoms with van der Waals surface area (Å²) in [6, 6.07) is 62.7. The third-order valence-electron chi connectivity index (χ3n) is 10.3. The second-order valence-corrected chi connectivity index (χ2v) is 14.4. The van der Waals surface area contributed by atoms with Crippen LogP contribution in [0.2, 0.25) is 0 Å². The number of para-hydroxylation sites is 3. The number of anilines is 3. The molecule has 11 rings (SSSR count). The Morgan fingerprint density at radius 1 is 0.346 bits per heavy atom. The van der Waals surface area contributed by atoms with Gasteiger partial charge in [0, 0.05) is 64.3 Å². The van der Waals surface area contributed by atoms with Gasteiger partial charge in [-0.2, -0.15) is 0 Å². The number of fused-ring (bicyclic) bond motifs is 9. The third-order valence-corrected chi connectivity index (χ3v) is 11.4. The van der Waals surface area contributed by atoms with Gasteiger partial charge in [0.1, 0.15) is 22.3 Å². The molecule has 0 amide bonds. The Morgan fingerprint density at radius 2 is 0.981 bits per heavy atom. The summed E-state index contributed by atoms with van der Waals surface area (Å²) >= 11 is 1.84. The van der Waals surface area contributed by atoms with Gasteiger partial charge in [0.25, 0.3) is 0 Å².